The van der Waals surface area contributed by atoms with Crippen molar-refractivity contribution in [1.29, 1.82) is 0 Å². The molecule has 4 rings (SSSR count). The summed E-state index contributed by atoms with van der Waals surface area (Å²) in [6.45, 7) is 6.96. The Morgan fingerprint density at radius 1 is 0.827 bits per heavy atom. The molecule has 5 N–H and O–H groups in total. The third-order valence-corrected chi connectivity index (χ3v) is 9.02. The van der Waals surface area contributed by atoms with Gasteiger partial charge in [0.25, 0.3) is 5.91 Å². The molecular weight excluding hydrogens is 687 g/mol. The number of amides is 6. The maximum Gasteiger partial charge on any atom is 0.318 e. The second-order valence-corrected chi connectivity index (χ2v) is 14.6. The molecule has 0 radical (unpaired) electrons. The smallest absolute Gasteiger partial charge is 0.318 e. The molecule has 3 aromatic rings. The number of likely N-dealkylation sites (tertiary alicyclic amines) is 1. The summed E-state index contributed by atoms with van der Waals surface area (Å²) >= 11 is 6.30. The number of carbonyl (C=O) groups excluding carboxylic acids is 5. The quantitative estimate of drug-likeness (QED) is 0.162. The first-order chi connectivity index (χ1) is 24.8. The summed E-state index contributed by atoms with van der Waals surface area (Å²) in [7, 11) is 0. The first-order valence-corrected chi connectivity index (χ1v) is 17.9. The maximum absolute atomic E-state index is 13.9. The highest BCUT2D eigenvalue weighted by Gasteiger charge is 2.32. The Morgan fingerprint density at radius 2 is 1.48 bits per heavy atom. The molecule has 0 saturated carbocycles. The number of nitrogens with one attached hydrogen (secondary N) is 5. The number of piperidine rings is 1. The van der Waals surface area contributed by atoms with Gasteiger partial charge in [-0.2, -0.15) is 0 Å². The van der Waals surface area contributed by atoms with Crippen LogP contribution in [-0.4, -0.2) is 72.3 Å². The van der Waals surface area contributed by atoms with E-state index in [-0.39, 0.29) is 49.8 Å². The van der Waals surface area contributed by atoms with E-state index in [1.54, 1.807) is 18.2 Å². The van der Waals surface area contributed by atoms with Gasteiger partial charge in [-0.3, -0.25) is 19.2 Å². The van der Waals surface area contributed by atoms with Crippen LogP contribution in [0.2, 0.25) is 5.02 Å². The third-order valence-electron chi connectivity index (χ3n) is 8.65. The minimum absolute atomic E-state index is 0.145. The van der Waals surface area contributed by atoms with Gasteiger partial charge in [-0.25, -0.2) is 9.18 Å². The van der Waals surface area contributed by atoms with Crippen molar-refractivity contribution in [2.45, 2.75) is 77.5 Å². The van der Waals surface area contributed by atoms with Gasteiger partial charge in [0, 0.05) is 42.8 Å². The normalized spacial score (nSPS) is 14.4. The summed E-state index contributed by atoms with van der Waals surface area (Å²) < 4.78 is 13.3. The Balaban J connectivity index is 1.43. The lowest BCUT2D eigenvalue weighted by Crippen LogP contribution is -2.58. The Bertz CT molecular complexity index is 1680. The van der Waals surface area contributed by atoms with Crippen LogP contribution in [0.3, 0.4) is 0 Å². The fourth-order valence-electron chi connectivity index (χ4n) is 5.61. The fraction of sp³-hybridized carbons (Fsp3) is 0.410. The van der Waals surface area contributed by atoms with Gasteiger partial charge in [-0.15, -0.1) is 0 Å². The molecule has 3 aromatic carbocycles. The van der Waals surface area contributed by atoms with E-state index in [1.807, 2.05) is 57.2 Å². The van der Waals surface area contributed by atoms with Crippen LogP contribution >= 0.6 is 11.6 Å². The molecule has 52 heavy (non-hydrogen) atoms. The van der Waals surface area contributed by atoms with Crippen molar-refractivity contribution in [2.24, 2.45) is 5.41 Å². The van der Waals surface area contributed by atoms with Crippen LogP contribution in [0.5, 0.6) is 0 Å². The molecule has 13 heteroatoms. The van der Waals surface area contributed by atoms with Crippen LogP contribution in [0.25, 0.3) is 0 Å². The largest absolute Gasteiger partial charge is 0.355 e. The Kier molecular flexibility index (Phi) is 14.6. The van der Waals surface area contributed by atoms with E-state index in [0.29, 0.717) is 42.0 Å². The maximum atomic E-state index is 13.9. The number of rotatable bonds is 14. The summed E-state index contributed by atoms with van der Waals surface area (Å²) in [5, 5.41) is 14.6. The van der Waals surface area contributed by atoms with Crippen molar-refractivity contribution >= 4 is 41.3 Å². The molecule has 0 spiro atoms. The SMILES string of the molecule is CC(C)(C)CNC(=O)C[C@H](NC(=O)N1CCC(NC(=O)c2ccc(F)cc2)CC1)C(=O)N[C@@H](CCc1ccccc1)C(=O)NCc1ccccc1Cl. The predicted octanol–water partition coefficient (Wildman–Crippen LogP) is 4.74. The zero-order chi connectivity index (χ0) is 37.7. The number of nitrogens with zero attached hydrogens (tertiary/aromatic N) is 1. The molecule has 11 nitrogen and oxygen atoms in total. The zero-order valence-corrected chi connectivity index (χ0v) is 30.6. The predicted molar refractivity (Wildman–Crippen MR) is 198 cm³/mol. The van der Waals surface area contributed by atoms with Crippen molar-refractivity contribution in [1.82, 2.24) is 31.5 Å². The van der Waals surface area contributed by atoms with Gasteiger partial charge in [0.05, 0.1) is 6.42 Å². The van der Waals surface area contributed by atoms with Gasteiger partial charge in [-0.1, -0.05) is 80.9 Å². The van der Waals surface area contributed by atoms with Gasteiger partial charge in [-0.05, 0) is 72.6 Å². The fourth-order valence-corrected chi connectivity index (χ4v) is 5.81. The van der Waals surface area contributed by atoms with Crippen LogP contribution in [-0.2, 0) is 27.3 Å². The molecule has 1 heterocycles. The summed E-state index contributed by atoms with van der Waals surface area (Å²) in [6, 6.07) is 18.9. The van der Waals surface area contributed by atoms with E-state index >= 15 is 0 Å². The van der Waals surface area contributed by atoms with Gasteiger partial charge in [0.15, 0.2) is 0 Å². The Morgan fingerprint density at radius 3 is 2.13 bits per heavy atom. The summed E-state index contributed by atoms with van der Waals surface area (Å²) in [6.07, 6.45) is 1.32. The molecule has 1 aliphatic heterocycles. The van der Waals surface area contributed by atoms with Gasteiger partial charge >= 0.3 is 6.03 Å². The number of hydrogen-bond donors (Lipinski definition) is 5. The highest BCUT2D eigenvalue weighted by molar-refractivity contribution is 6.31. The van der Waals surface area contributed by atoms with Crippen LogP contribution in [0, 0.1) is 11.2 Å². The summed E-state index contributed by atoms with van der Waals surface area (Å²) in [4.78, 5) is 68.1. The van der Waals surface area contributed by atoms with E-state index in [2.05, 4.69) is 26.6 Å². The second-order valence-electron chi connectivity index (χ2n) is 14.2. The van der Waals surface area contributed by atoms with E-state index < -0.39 is 41.7 Å². The topological polar surface area (TPSA) is 149 Å². The Labute approximate surface area is 309 Å². The van der Waals surface area contributed by atoms with Gasteiger partial charge in [0.1, 0.15) is 17.9 Å². The van der Waals surface area contributed by atoms with E-state index in [0.717, 1.165) is 5.56 Å². The highest BCUT2D eigenvalue weighted by Crippen LogP contribution is 2.16. The number of carbonyl (C=O) groups is 5. The molecule has 278 valence electrons. The number of hydrogen-bond acceptors (Lipinski definition) is 5. The minimum Gasteiger partial charge on any atom is -0.355 e. The second kappa shape index (κ2) is 19.0. The molecule has 1 saturated heterocycles. The van der Waals surface area contributed by atoms with Crippen molar-refractivity contribution in [3.05, 3.63) is 106 Å². The van der Waals surface area contributed by atoms with Crippen LogP contribution < -0.4 is 26.6 Å². The highest BCUT2D eigenvalue weighted by atomic mass is 35.5. The molecule has 0 aliphatic carbocycles. The number of aryl methyl sites for hydroxylation is 1. The monoisotopic (exact) mass is 734 g/mol. The van der Waals surface area contributed by atoms with E-state index in [4.69, 9.17) is 11.6 Å². The first kappa shape index (κ1) is 39.8. The molecule has 1 aliphatic rings. The van der Waals surface area contributed by atoms with E-state index in [1.165, 1.54) is 29.2 Å². The average molecular weight is 735 g/mol. The Hall–Kier alpha value is -4.97. The van der Waals surface area contributed by atoms with Crippen molar-refractivity contribution < 1.29 is 28.4 Å². The molecular formula is C39H48ClFN6O5. The van der Waals surface area contributed by atoms with Crippen LogP contribution in [0.4, 0.5) is 9.18 Å². The number of urea groups is 1. The zero-order valence-electron chi connectivity index (χ0n) is 29.8. The lowest BCUT2D eigenvalue weighted by Gasteiger charge is -2.33. The standard InChI is InChI=1S/C39H48ClFN6O5/c1-39(2,3)25-43-34(48)23-33(46-38(52)47-21-19-30(20-22-47)44-35(49)27-14-16-29(41)17-15-27)37(51)45-32(18-13-26-9-5-4-6-10-26)36(50)42-24-28-11-7-8-12-31(28)40/h4-12,14-17,30,32-33H,13,18-25H2,1-3H3,(H,42,50)(H,43,48)(H,44,49)(H,45,51)(H,46,52)/t32-,33-/m0/s1. The molecule has 0 aromatic heterocycles. The number of halogens is 2. The molecule has 0 bridgehead atoms. The average Bonchev–Trinajstić information content (AvgIpc) is 3.12. The lowest BCUT2D eigenvalue weighted by atomic mass is 9.97. The van der Waals surface area contributed by atoms with Crippen molar-refractivity contribution in [3.8, 4) is 0 Å². The molecule has 2 atom stereocenters. The van der Waals surface area contributed by atoms with Crippen molar-refractivity contribution in [2.75, 3.05) is 19.6 Å². The number of benzene rings is 3. The summed E-state index contributed by atoms with van der Waals surface area (Å²) in [5.74, 6) is -2.31. The molecule has 1 fully saturated rings. The summed E-state index contributed by atoms with van der Waals surface area (Å²) in [5.41, 5.74) is 1.81. The molecule has 6 amide bonds. The van der Waals surface area contributed by atoms with Crippen LogP contribution in [0.1, 0.15) is 67.9 Å². The minimum atomic E-state index is -1.28. The third kappa shape index (κ3) is 13.0. The lowest BCUT2D eigenvalue weighted by molar-refractivity contribution is -0.131. The van der Waals surface area contributed by atoms with Gasteiger partial charge < -0.3 is 31.5 Å². The van der Waals surface area contributed by atoms with Crippen molar-refractivity contribution in [3.63, 3.8) is 0 Å². The first-order valence-electron chi connectivity index (χ1n) is 17.5. The van der Waals surface area contributed by atoms with Gasteiger partial charge in [0.2, 0.25) is 17.7 Å². The van der Waals surface area contributed by atoms with Crippen LogP contribution in [0.15, 0.2) is 78.9 Å². The van der Waals surface area contributed by atoms with E-state index in [9.17, 15) is 28.4 Å². The molecule has 0 unspecified atom stereocenters.